The van der Waals surface area contributed by atoms with E-state index in [-0.39, 0.29) is 0 Å². The number of fused-ring (bicyclic) bond motifs is 1. The summed E-state index contributed by atoms with van der Waals surface area (Å²) in [6, 6.07) is 17.5. The average molecular weight is 316 g/mol. The van der Waals surface area contributed by atoms with Gasteiger partial charge in [0, 0.05) is 29.9 Å². The van der Waals surface area contributed by atoms with E-state index < -0.39 is 0 Å². The Kier molecular flexibility index (Phi) is 4.57. The van der Waals surface area contributed by atoms with Gasteiger partial charge in [-0.3, -0.25) is 9.88 Å². The summed E-state index contributed by atoms with van der Waals surface area (Å²) in [5, 5.41) is 2.47. The molecule has 1 aromatic heterocycles. The Balaban J connectivity index is 1.57. The smallest absolute Gasteiger partial charge is 0.0352 e. The number of likely N-dealkylation sites (tertiary alicyclic amines) is 1. The molecule has 0 unspecified atom stereocenters. The number of nitrogens with zero attached hydrogens (tertiary/aromatic N) is 2. The predicted octanol–water partition coefficient (Wildman–Crippen LogP) is 5.28. The van der Waals surface area contributed by atoms with Gasteiger partial charge in [-0.2, -0.15) is 0 Å². The minimum absolute atomic E-state index is 1.08. The van der Waals surface area contributed by atoms with Gasteiger partial charge in [-0.05, 0) is 42.4 Å². The van der Waals surface area contributed by atoms with E-state index >= 15 is 0 Å². The summed E-state index contributed by atoms with van der Waals surface area (Å²) in [6.07, 6.45) is 9.39. The molecular weight excluding hydrogens is 292 g/mol. The molecule has 0 spiro atoms. The van der Waals surface area contributed by atoms with Gasteiger partial charge in [0.05, 0.1) is 0 Å². The molecule has 2 heterocycles. The summed E-state index contributed by atoms with van der Waals surface area (Å²) >= 11 is 0. The van der Waals surface area contributed by atoms with Crippen LogP contribution >= 0.6 is 0 Å². The van der Waals surface area contributed by atoms with Crippen LogP contribution in [0.2, 0.25) is 0 Å². The first kappa shape index (κ1) is 15.3. The highest BCUT2D eigenvalue weighted by Gasteiger charge is 2.10. The lowest BCUT2D eigenvalue weighted by molar-refractivity contribution is 0.277. The topological polar surface area (TPSA) is 16.1 Å². The van der Waals surface area contributed by atoms with Gasteiger partial charge < -0.3 is 0 Å². The molecule has 0 saturated carbocycles. The van der Waals surface area contributed by atoms with Gasteiger partial charge >= 0.3 is 0 Å². The number of hydrogen-bond acceptors (Lipinski definition) is 2. The Morgan fingerprint density at radius 2 is 1.54 bits per heavy atom. The van der Waals surface area contributed by atoms with E-state index in [1.807, 2.05) is 12.4 Å². The molecule has 1 saturated heterocycles. The SMILES string of the molecule is c1ccc2c(-c3ccc(CN4CCCCCC4)cc3)cncc2c1. The first-order chi connectivity index (χ1) is 11.9. The summed E-state index contributed by atoms with van der Waals surface area (Å²) < 4.78 is 0. The molecule has 0 aliphatic carbocycles. The molecule has 2 nitrogen and oxygen atoms in total. The molecule has 2 aromatic carbocycles. The maximum Gasteiger partial charge on any atom is 0.0352 e. The molecule has 0 bridgehead atoms. The van der Waals surface area contributed by atoms with Crippen molar-refractivity contribution in [3.63, 3.8) is 0 Å². The quantitative estimate of drug-likeness (QED) is 0.653. The minimum atomic E-state index is 1.08. The number of pyridine rings is 1. The van der Waals surface area contributed by atoms with Crippen molar-refractivity contribution in [3.8, 4) is 11.1 Å². The van der Waals surface area contributed by atoms with Gasteiger partial charge in [-0.15, -0.1) is 0 Å². The zero-order valence-corrected chi connectivity index (χ0v) is 14.1. The first-order valence-electron chi connectivity index (χ1n) is 9.04. The van der Waals surface area contributed by atoms with Crippen LogP contribution in [0.5, 0.6) is 0 Å². The lowest BCUT2D eigenvalue weighted by Crippen LogP contribution is -2.23. The molecule has 1 aliphatic heterocycles. The molecule has 122 valence electrons. The highest BCUT2D eigenvalue weighted by molar-refractivity contribution is 5.95. The van der Waals surface area contributed by atoms with Gasteiger partial charge in [0.15, 0.2) is 0 Å². The average Bonchev–Trinajstić information content (AvgIpc) is 2.91. The lowest BCUT2D eigenvalue weighted by Gasteiger charge is -2.19. The van der Waals surface area contributed by atoms with E-state index in [4.69, 9.17) is 0 Å². The minimum Gasteiger partial charge on any atom is -0.299 e. The first-order valence-corrected chi connectivity index (χ1v) is 9.04. The standard InChI is InChI=1S/C22H24N2/c1-2-6-14-24(13-5-1)17-18-9-11-19(12-10-18)22-16-23-15-20-7-3-4-8-21(20)22/h3-4,7-12,15-16H,1-2,5-6,13-14,17H2. The fourth-order valence-electron chi connectivity index (χ4n) is 3.69. The highest BCUT2D eigenvalue weighted by Crippen LogP contribution is 2.28. The van der Waals surface area contributed by atoms with Gasteiger partial charge in [0.25, 0.3) is 0 Å². The molecule has 1 aliphatic rings. The summed E-state index contributed by atoms with van der Waals surface area (Å²) in [7, 11) is 0. The van der Waals surface area contributed by atoms with Crippen molar-refractivity contribution in [2.24, 2.45) is 0 Å². The third-order valence-electron chi connectivity index (χ3n) is 5.04. The van der Waals surface area contributed by atoms with Crippen molar-refractivity contribution in [2.75, 3.05) is 13.1 Å². The second-order valence-corrected chi connectivity index (χ2v) is 6.80. The van der Waals surface area contributed by atoms with Gasteiger partial charge in [-0.1, -0.05) is 61.4 Å². The van der Waals surface area contributed by atoms with E-state index in [1.54, 1.807) is 0 Å². The van der Waals surface area contributed by atoms with Crippen molar-refractivity contribution < 1.29 is 0 Å². The third-order valence-corrected chi connectivity index (χ3v) is 5.04. The molecule has 0 atom stereocenters. The number of aromatic nitrogens is 1. The second kappa shape index (κ2) is 7.14. The molecule has 3 aromatic rings. The number of hydrogen-bond donors (Lipinski definition) is 0. The Bertz CT molecular complexity index is 794. The zero-order valence-electron chi connectivity index (χ0n) is 14.1. The van der Waals surface area contributed by atoms with Crippen LogP contribution in [0.25, 0.3) is 21.9 Å². The monoisotopic (exact) mass is 316 g/mol. The van der Waals surface area contributed by atoms with Crippen molar-refractivity contribution in [3.05, 3.63) is 66.5 Å². The van der Waals surface area contributed by atoms with Crippen molar-refractivity contribution in [2.45, 2.75) is 32.2 Å². The van der Waals surface area contributed by atoms with Crippen LogP contribution in [0, 0.1) is 0 Å². The summed E-state index contributed by atoms with van der Waals surface area (Å²) in [6.45, 7) is 3.57. The van der Waals surface area contributed by atoms with Crippen LogP contribution in [0.4, 0.5) is 0 Å². The van der Waals surface area contributed by atoms with E-state index in [0.717, 1.165) is 6.54 Å². The normalized spacial score (nSPS) is 16.2. The summed E-state index contributed by atoms with van der Waals surface area (Å²) in [5.41, 5.74) is 3.88. The van der Waals surface area contributed by atoms with E-state index in [0.29, 0.717) is 0 Å². The molecule has 0 amide bonds. The van der Waals surface area contributed by atoms with Crippen LogP contribution in [0.3, 0.4) is 0 Å². The maximum absolute atomic E-state index is 4.41. The van der Waals surface area contributed by atoms with Crippen LogP contribution < -0.4 is 0 Å². The van der Waals surface area contributed by atoms with Crippen LogP contribution in [-0.4, -0.2) is 23.0 Å². The molecule has 1 fully saturated rings. The Labute approximate surface area is 144 Å². The van der Waals surface area contributed by atoms with Crippen molar-refractivity contribution in [1.82, 2.24) is 9.88 Å². The molecule has 4 rings (SSSR count). The molecule has 0 N–H and O–H groups in total. The predicted molar refractivity (Wildman–Crippen MR) is 101 cm³/mol. The fourth-order valence-corrected chi connectivity index (χ4v) is 3.69. The third kappa shape index (κ3) is 3.34. The largest absolute Gasteiger partial charge is 0.299 e. The molecular formula is C22H24N2. The summed E-state index contributed by atoms with van der Waals surface area (Å²) in [5.74, 6) is 0. The Morgan fingerprint density at radius 1 is 0.792 bits per heavy atom. The van der Waals surface area contributed by atoms with Crippen LogP contribution in [-0.2, 0) is 6.54 Å². The van der Waals surface area contributed by atoms with E-state index in [9.17, 15) is 0 Å². The van der Waals surface area contributed by atoms with Crippen LogP contribution in [0.15, 0.2) is 60.9 Å². The second-order valence-electron chi connectivity index (χ2n) is 6.80. The number of rotatable bonds is 3. The zero-order chi connectivity index (χ0) is 16.2. The summed E-state index contributed by atoms with van der Waals surface area (Å²) in [4.78, 5) is 7.01. The van der Waals surface area contributed by atoms with Gasteiger partial charge in [0.1, 0.15) is 0 Å². The van der Waals surface area contributed by atoms with Gasteiger partial charge in [0.2, 0.25) is 0 Å². The highest BCUT2D eigenvalue weighted by atomic mass is 15.1. The van der Waals surface area contributed by atoms with Crippen molar-refractivity contribution >= 4 is 10.8 Å². The van der Waals surface area contributed by atoms with Crippen molar-refractivity contribution in [1.29, 1.82) is 0 Å². The molecule has 24 heavy (non-hydrogen) atoms. The molecule has 0 radical (unpaired) electrons. The fraction of sp³-hybridized carbons (Fsp3) is 0.318. The van der Waals surface area contributed by atoms with Crippen LogP contribution in [0.1, 0.15) is 31.2 Å². The lowest BCUT2D eigenvalue weighted by atomic mass is 10.00. The van der Waals surface area contributed by atoms with Gasteiger partial charge in [-0.25, -0.2) is 0 Å². The Morgan fingerprint density at radius 3 is 2.33 bits per heavy atom. The molecule has 2 heteroatoms. The maximum atomic E-state index is 4.41. The van der Waals surface area contributed by atoms with E-state index in [2.05, 4.69) is 58.4 Å². The number of benzene rings is 2. The Hall–Kier alpha value is -2.19. The van der Waals surface area contributed by atoms with E-state index in [1.165, 1.54) is 66.2 Å².